The van der Waals surface area contributed by atoms with Gasteiger partial charge in [0.25, 0.3) is 0 Å². The largest absolute Gasteiger partial charge is 0.348 e. The Hall–Kier alpha value is -1.02. The molecule has 0 amide bonds. The predicted octanol–water partition coefficient (Wildman–Crippen LogP) is 4.56. The number of hydrogen-bond acceptors (Lipinski definition) is 2. The lowest BCUT2D eigenvalue weighted by molar-refractivity contribution is 0.376. The Balaban J connectivity index is 2.76. The molecule has 20 heavy (non-hydrogen) atoms. The molecular formula is C14H17Cl2N3S. The van der Waals surface area contributed by atoms with Crippen molar-refractivity contribution >= 4 is 46.2 Å². The summed E-state index contributed by atoms with van der Waals surface area (Å²) in [5.74, 6) is 0.453. The van der Waals surface area contributed by atoms with E-state index in [-0.39, 0.29) is 0 Å². The Labute approximate surface area is 135 Å². The zero-order chi connectivity index (χ0) is 15.1. The summed E-state index contributed by atoms with van der Waals surface area (Å²) in [5.41, 5.74) is 0.715. The van der Waals surface area contributed by atoms with Gasteiger partial charge in [-0.05, 0) is 36.3 Å². The van der Waals surface area contributed by atoms with Crippen molar-refractivity contribution in [2.45, 2.75) is 20.3 Å². The van der Waals surface area contributed by atoms with Gasteiger partial charge in [0.05, 0.1) is 23.2 Å². The van der Waals surface area contributed by atoms with Gasteiger partial charge in [0.2, 0.25) is 0 Å². The number of benzene rings is 1. The first-order valence-electron chi connectivity index (χ1n) is 6.32. The number of rotatable bonds is 5. The number of nitriles is 1. The van der Waals surface area contributed by atoms with Gasteiger partial charge in [-0.15, -0.1) is 0 Å². The van der Waals surface area contributed by atoms with Gasteiger partial charge in [-0.2, -0.15) is 5.26 Å². The van der Waals surface area contributed by atoms with E-state index in [1.54, 1.807) is 18.2 Å². The highest BCUT2D eigenvalue weighted by atomic mass is 35.5. The van der Waals surface area contributed by atoms with Gasteiger partial charge in [-0.1, -0.05) is 37.0 Å². The van der Waals surface area contributed by atoms with Gasteiger partial charge in [-0.25, -0.2) is 0 Å². The maximum absolute atomic E-state index is 8.72. The maximum atomic E-state index is 8.72. The van der Waals surface area contributed by atoms with Crippen LogP contribution in [-0.4, -0.2) is 23.1 Å². The van der Waals surface area contributed by atoms with Crippen LogP contribution in [0.2, 0.25) is 10.0 Å². The monoisotopic (exact) mass is 329 g/mol. The molecule has 0 bridgehead atoms. The molecule has 0 fully saturated rings. The second-order valence-electron chi connectivity index (χ2n) is 4.80. The average Bonchev–Trinajstić information content (AvgIpc) is 2.37. The molecule has 3 nitrogen and oxygen atoms in total. The van der Waals surface area contributed by atoms with Crippen molar-refractivity contribution in [1.29, 1.82) is 5.26 Å². The molecule has 0 aliphatic heterocycles. The Morgan fingerprint density at radius 1 is 1.45 bits per heavy atom. The first-order chi connectivity index (χ1) is 9.43. The number of anilines is 1. The maximum Gasteiger partial charge on any atom is 0.173 e. The lowest BCUT2D eigenvalue weighted by atomic mass is 10.2. The fraction of sp³-hybridized carbons (Fsp3) is 0.429. The van der Waals surface area contributed by atoms with Crippen LogP contribution in [0.1, 0.15) is 20.3 Å². The van der Waals surface area contributed by atoms with Crippen molar-refractivity contribution in [1.82, 2.24) is 4.90 Å². The van der Waals surface area contributed by atoms with Crippen LogP contribution in [0.3, 0.4) is 0 Å². The molecule has 1 rings (SSSR count). The van der Waals surface area contributed by atoms with E-state index in [4.69, 9.17) is 40.7 Å². The minimum Gasteiger partial charge on any atom is -0.348 e. The zero-order valence-corrected chi connectivity index (χ0v) is 13.8. The highest BCUT2D eigenvalue weighted by Gasteiger charge is 2.12. The van der Waals surface area contributed by atoms with E-state index >= 15 is 0 Å². The first-order valence-corrected chi connectivity index (χ1v) is 7.48. The van der Waals surface area contributed by atoms with Crippen LogP contribution in [0.4, 0.5) is 5.69 Å². The summed E-state index contributed by atoms with van der Waals surface area (Å²) in [4.78, 5) is 1.98. The lowest BCUT2D eigenvalue weighted by Gasteiger charge is -2.27. The van der Waals surface area contributed by atoms with E-state index in [0.29, 0.717) is 39.7 Å². The molecule has 0 aliphatic carbocycles. The lowest BCUT2D eigenvalue weighted by Crippen LogP contribution is -2.38. The van der Waals surface area contributed by atoms with Gasteiger partial charge in [-0.3, -0.25) is 0 Å². The number of nitrogens with zero attached hydrogens (tertiary/aromatic N) is 2. The Morgan fingerprint density at radius 2 is 2.15 bits per heavy atom. The van der Waals surface area contributed by atoms with E-state index in [2.05, 4.69) is 25.2 Å². The standard InChI is InChI=1S/C14H17Cl2N3S/c1-10(2)9-19(7-3-6-17)14(20)18-13-5-4-11(15)8-12(13)16/h4-5,8,10H,3,7,9H2,1-2H3,(H,18,20). The summed E-state index contributed by atoms with van der Waals surface area (Å²) in [5, 5.41) is 13.5. The van der Waals surface area contributed by atoms with Crippen LogP contribution in [0.15, 0.2) is 18.2 Å². The molecule has 0 unspecified atom stereocenters. The van der Waals surface area contributed by atoms with Crippen molar-refractivity contribution < 1.29 is 0 Å². The van der Waals surface area contributed by atoms with Crippen LogP contribution in [-0.2, 0) is 0 Å². The van der Waals surface area contributed by atoms with Crippen molar-refractivity contribution in [3.8, 4) is 6.07 Å². The summed E-state index contributed by atoms with van der Waals surface area (Å²) >= 11 is 17.4. The quantitative estimate of drug-likeness (QED) is 0.803. The molecule has 108 valence electrons. The van der Waals surface area contributed by atoms with Crippen LogP contribution < -0.4 is 5.32 Å². The molecule has 1 aromatic carbocycles. The van der Waals surface area contributed by atoms with Gasteiger partial charge in [0.15, 0.2) is 5.11 Å². The molecule has 0 saturated heterocycles. The summed E-state index contributed by atoms with van der Waals surface area (Å²) in [6, 6.07) is 7.34. The Kier molecular flexibility index (Phi) is 7.08. The van der Waals surface area contributed by atoms with Crippen LogP contribution >= 0.6 is 35.4 Å². The molecule has 0 saturated carbocycles. The third-order valence-corrected chi connectivity index (χ3v) is 3.45. The van der Waals surface area contributed by atoms with Crippen molar-refractivity contribution in [2.75, 3.05) is 18.4 Å². The second-order valence-corrected chi connectivity index (χ2v) is 6.03. The smallest absolute Gasteiger partial charge is 0.173 e. The minimum atomic E-state index is 0.433. The van der Waals surface area contributed by atoms with Gasteiger partial charge >= 0.3 is 0 Å². The summed E-state index contributed by atoms with van der Waals surface area (Å²) in [6.45, 7) is 5.61. The molecule has 1 aromatic rings. The second kappa shape index (κ2) is 8.31. The van der Waals surface area contributed by atoms with E-state index in [9.17, 15) is 0 Å². The number of halogens is 2. The summed E-state index contributed by atoms with van der Waals surface area (Å²) in [6.07, 6.45) is 0.433. The molecule has 0 aliphatic rings. The van der Waals surface area contributed by atoms with Gasteiger partial charge in [0.1, 0.15) is 0 Å². The van der Waals surface area contributed by atoms with Crippen molar-refractivity contribution in [3.63, 3.8) is 0 Å². The summed E-state index contributed by atoms with van der Waals surface area (Å²) < 4.78 is 0. The summed E-state index contributed by atoms with van der Waals surface area (Å²) in [7, 11) is 0. The van der Waals surface area contributed by atoms with Crippen molar-refractivity contribution in [3.05, 3.63) is 28.2 Å². The molecule has 1 N–H and O–H groups in total. The topological polar surface area (TPSA) is 39.1 Å². The van der Waals surface area contributed by atoms with Crippen LogP contribution in [0, 0.1) is 17.2 Å². The first kappa shape index (κ1) is 17.0. The van der Waals surface area contributed by atoms with E-state index in [1.807, 2.05) is 4.90 Å². The fourth-order valence-corrected chi connectivity index (χ4v) is 2.42. The van der Waals surface area contributed by atoms with Gasteiger partial charge < -0.3 is 10.2 Å². The Bertz CT molecular complexity index is 512. The van der Waals surface area contributed by atoms with E-state index in [1.165, 1.54) is 0 Å². The highest BCUT2D eigenvalue weighted by molar-refractivity contribution is 7.80. The van der Waals surface area contributed by atoms with E-state index in [0.717, 1.165) is 6.54 Å². The Morgan fingerprint density at radius 3 is 2.70 bits per heavy atom. The van der Waals surface area contributed by atoms with Crippen molar-refractivity contribution in [2.24, 2.45) is 5.92 Å². The van der Waals surface area contributed by atoms with Gasteiger partial charge in [0, 0.05) is 18.1 Å². The predicted molar refractivity (Wildman–Crippen MR) is 89.3 cm³/mol. The molecule has 0 radical (unpaired) electrons. The van der Waals surface area contributed by atoms with E-state index < -0.39 is 0 Å². The molecule has 6 heteroatoms. The number of thiocarbonyl (C=S) groups is 1. The molecule has 0 atom stereocenters. The molecule has 0 spiro atoms. The van der Waals surface area contributed by atoms with Crippen LogP contribution in [0.5, 0.6) is 0 Å². The third-order valence-electron chi connectivity index (χ3n) is 2.54. The molecular weight excluding hydrogens is 313 g/mol. The normalized spacial score (nSPS) is 10.2. The number of nitrogens with one attached hydrogen (secondary N) is 1. The van der Waals surface area contributed by atoms with Crippen LogP contribution in [0.25, 0.3) is 0 Å². The SMILES string of the molecule is CC(C)CN(CCC#N)C(=S)Nc1ccc(Cl)cc1Cl. The number of hydrogen-bond donors (Lipinski definition) is 1. The highest BCUT2D eigenvalue weighted by Crippen LogP contribution is 2.25. The minimum absolute atomic E-state index is 0.433. The molecule has 0 heterocycles. The zero-order valence-electron chi connectivity index (χ0n) is 11.5. The fourth-order valence-electron chi connectivity index (χ4n) is 1.69. The average molecular weight is 330 g/mol. The third kappa shape index (κ3) is 5.54. The molecule has 0 aromatic heterocycles.